The van der Waals surface area contributed by atoms with E-state index in [1.165, 1.54) is 14.2 Å². The third kappa shape index (κ3) is 7.09. The smallest absolute Gasteiger partial charge is 0.309 e. The number of allylic oxidation sites excluding steroid dienone is 2. The molecule has 0 aromatic rings. The lowest BCUT2D eigenvalue weighted by atomic mass is 10.3. The topological polar surface area (TPSA) is 52.6 Å². The molecule has 0 amide bonds. The summed E-state index contributed by atoms with van der Waals surface area (Å²) in [5, 5.41) is 0. The molecule has 0 N–H and O–H groups in total. The molecule has 0 aliphatic rings. The maximum Gasteiger partial charge on any atom is 0.309 e. The highest BCUT2D eigenvalue weighted by Gasteiger charge is 1.93. The minimum Gasteiger partial charge on any atom is -0.469 e. The van der Waals surface area contributed by atoms with E-state index in [0.29, 0.717) is 0 Å². The number of carbonyl (C=O) groups is 2. The second kappa shape index (κ2) is 8.04. The van der Waals surface area contributed by atoms with Crippen molar-refractivity contribution < 1.29 is 19.1 Å². The Morgan fingerprint density at radius 2 is 1.29 bits per heavy atom. The SMILES string of the molecule is COC(=O)C/C=C/C=C/CC(=O)OC. The van der Waals surface area contributed by atoms with Gasteiger partial charge < -0.3 is 9.47 Å². The second-order valence-electron chi connectivity index (χ2n) is 2.42. The van der Waals surface area contributed by atoms with Crippen molar-refractivity contribution in [2.75, 3.05) is 14.2 Å². The molecule has 0 aromatic heterocycles. The molecule has 0 heterocycles. The largest absolute Gasteiger partial charge is 0.469 e. The first kappa shape index (κ1) is 12.4. The standard InChI is InChI=1S/C10H14O4/c1-13-9(11)7-5-3-4-6-8-10(12)14-2/h3-6H,7-8H2,1-2H3/b5-3+,6-4+. The zero-order chi connectivity index (χ0) is 10.8. The van der Waals surface area contributed by atoms with Gasteiger partial charge in [-0.25, -0.2) is 0 Å². The van der Waals surface area contributed by atoms with Gasteiger partial charge in [0.05, 0.1) is 27.1 Å². The molecule has 0 aliphatic heterocycles. The van der Waals surface area contributed by atoms with Crippen LogP contribution < -0.4 is 0 Å². The van der Waals surface area contributed by atoms with Crippen LogP contribution in [0.15, 0.2) is 24.3 Å². The van der Waals surface area contributed by atoms with E-state index in [2.05, 4.69) is 9.47 Å². The quantitative estimate of drug-likeness (QED) is 0.492. The van der Waals surface area contributed by atoms with Gasteiger partial charge in [-0.3, -0.25) is 9.59 Å². The van der Waals surface area contributed by atoms with Crippen LogP contribution in [0.5, 0.6) is 0 Å². The van der Waals surface area contributed by atoms with Crippen LogP contribution in [0, 0.1) is 0 Å². The highest BCUT2D eigenvalue weighted by atomic mass is 16.5. The fourth-order valence-electron chi connectivity index (χ4n) is 0.652. The lowest BCUT2D eigenvalue weighted by Crippen LogP contribution is -1.97. The van der Waals surface area contributed by atoms with Gasteiger partial charge in [-0.2, -0.15) is 0 Å². The number of hydrogen-bond acceptors (Lipinski definition) is 4. The van der Waals surface area contributed by atoms with Gasteiger partial charge in [0.25, 0.3) is 0 Å². The Labute approximate surface area is 83.2 Å². The number of carbonyl (C=O) groups excluding carboxylic acids is 2. The highest BCUT2D eigenvalue weighted by Crippen LogP contribution is 1.90. The summed E-state index contributed by atoms with van der Waals surface area (Å²) < 4.78 is 8.85. The van der Waals surface area contributed by atoms with E-state index in [-0.39, 0.29) is 24.8 Å². The first-order valence-electron chi connectivity index (χ1n) is 4.16. The fourth-order valence-corrected chi connectivity index (χ4v) is 0.652. The molecule has 0 saturated carbocycles. The van der Waals surface area contributed by atoms with Crippen molar-refractivity contribution in [3.05, 3.63) is 24.3 Å². The Kier molecular flexibility index (Phi) is 7.13. The zero-order valence-corrected chi connectivity index (χ0v) is 8.36. The molecule has 78 valence electrons. The molecular formula is C10H14O4. The molecule has 0 fully saturated rings. The summed E-state index contributed by atoms with van der Waals surface area (Å²) >= 11 is 0. The van der Waals surface area contributed by atoms with Crippen LogP contribution in [0.25, 0.3) is 0 Å². The lowest BCUT2D eigenvalue weighted by Gasteiger charge is -1.91. The van der Waals surface area contributed by atoms with Crippen molar-refractivity contribution in [3.63, 3.8) is 0 Å². The Morgan fingerprint density at radius 1 is 0.929 bits per heavy atom. The highest BCUT2D eigenvalue weighted by molar-refractivity contribution is 5.71. The summed E-state index contributed by atoms with van der Waals surface area (Å²) in [6, 6.07) is 0. The normalized spacial score (nSPS) is 10.7. The molecule has 0 saturated heterocycles. The average molecular weight is 198 g/mol. The fraction of sp³-hybridized carbons (Fsp3) is 0.400. The van der Waals surface area contributed by atoms with E-state index in [1.807, 2.05) is 0 Å². The number of rotatable bonds is 5. The summed E-state index contributed by atoms with van der Waals surface area (Å²) in [4.78, 5) is 21.3. The minimum atomic E-state index is -0.289. The molecule has 0 aromatic carbocycles. The summed E-state index contributed by atoms with van der Waals surface area (Å²) in [5.74, 6) is -0.578. The summed E-state index contributed by atoms with van der Waals surface area (Å²) in [6.45, 7) is 0. The Bertz CT molecular complexity index is 215. The number of ether oxygens (including phenoxy) is 2. The predicted molar refractivity (Wildman–Crippen MR) is 51.5 cm³/mol. The maximum atomic E-state index is 10.6. The number of esters is 2. The molecule has 4 heteroatoms. The Morgan fingerprint density at radius 3 is 1.57 bits per heavy atom. The first-order valence-corrected chi connectivity index (χ1v) is 4.16. The lowest BCUT2D eigenvalue weighted by molar-refractivity contribution is -0.140. The van der Waals surface area contributed by atoms with Crippen LogP contribution in [0.2, 0.25) is 0 Å². The summed E-state index contributed by atoms with van der Waals surface area (Å²) in [7, 11) is 2.67. The van der Waals surface area contributed by atoms with Gasteiger partial charge in [0.1, 0.15) is 0 Å². The predicted octanol–water partition coefficient (Wildman–Crippen LogP) is 1.22. The molecule has 14 heavy (non-hydrogen) atoms. The molecule has 4 nitrogen and oxygen atoms in total. The summed E-state index contributed by atoms with van der Waals surface area (Å²) in [6.07, 6.45) is 7.14. The molecule has 0 bridgehead atoms. The molecule has 0 radical (unpaired) electrons. The van der Waals surface area contributed by atoms with Crippen LogP contribution >= 0.6 is 0 Å². The first-order chi connectivity index (χ1) is 6.70. The zero-order valence-electron chi connectivity index (χ0n) is 8.36. The molecule has 0 spiro atoms. The van der Waals surface area contributed by atoms with Crippen LogP contribution in [-0.4, -0.2) is 26.2 Å². The van der Waals surface area contributed by atoms with E-state index in [9.17, 15) is 9.59 Å². The van der Waals surface area contributed by atoms with Crippen molar-refractivity contribution in [1.29, 1.82) is 0 Å². The van der Waals surface area contributed by atoms with Crippen LogP contribution in [0.1, 0.15) is 12.8 Å². The van der Waals surface area contributed by atoms with E-state index >= 15 is 0 Å². The van der Waals surface area contributed by atoms with E-state index in [1.54, 1.807) is 24.3 Å². The number of hydrogen-bond donors (Lipinski definition) is 0. The molecular weight excluding hydrogens is 184 g/mol. The monoisotopic (exact) mass is 198 g/mol. The molecule has 0 aliphatic carbocycles. The van der Waals surface area contributed by atoms with Gasteiger partial charge in [-0.15, -0.1) is 0 Å². The van der Waals surface area contributed by atoms with Crippen molar-refractivity contribution in [1.82, 2.24) is 0 Å². The molecule has 0 unspecified atom stereocenters. The molecule has 0 rings (SSSR count). The third-order valence-corrected chi connectivity index (χ3v) is 1.41. The van der Waals surface area contributed by atoms with Crippen LogP contribution in [-0.2, 0) is 19.1 Å². The van der Waals surface area contributed by atoms with Gasteiger partial charge >= 0.3 is 11.9 Å². The third-order valence-electron chi connectivity index (χ3n) is 1.41. The van der Waals surface area contributed by atoms with Crippen molar-refractivity contribution in [2.24, 2.45) is 0 Å². The maximum absolute atomic E-state index is 10.6. The minimum absolute atomic E-state index is 0.235. The van der Waals surface area contributed by atoms with Crippen molar-refractivity contribution >= 4 is 11.9 Å². The molecule has 0 atom stereocenters. The van der Waals surface area contributed by atoms with Crippen LogP contribution in [0.4, 0.5) is 0 Å². The van der Waals surface area contributed by atoms with Gasteiger partial charge in [-0.05, 0) is 0 Å². The van der Waals surface area contributed by atoms with Crippen molar-refractivity contribution in [2.45, 2.75) is 12.8 Å². The van der Waals surface area contributed by atoms with Crippen molar-refractivity contribution in [3.8, 4) is 0 Å². The Hall–Kier alpha value is -1.58. The Balaban J connectivity index is 3.60. The number of methoxy groups -OCH3 is 2. The van der Waals surface area contributed by atoms with E-state index in [0.717, 1.165) is 0 Å². The average Bonchev–Trinajstić information content (AvgIpc) is 2.22. The summed E-state index contributed by atoms with van der Waals surface area (Å²) in [5.41, 5.74) is 0. The van der Waals surface area contributed by atoms with Gasteiger partial charge in [0, 0.05) is 0 Å². The second-order valence-corrected chi connectivity index (χ2v) is 2.42. The van der Waals surface area contributed by atoms with Gasteiger partial charge in [0.15, 0.2) is 0 Å². The van der Waals surface area contributed by atoms with E-state index in [4.69, 9.17) is 0 Å². The van der Waals surface area contributed by atoms with Crippen LogP contribution in [0.3, 0.4) is 0 Å². The van der Waals surface area contributed by atoms with E-state index < -0.39 is 0 Å². The van der Waals surface area contributed by atoms with Gasteiger partial charge in [-0.1, -0.05) is 24.3 Å². The van der Waals surface area contributed by atoms with Gasteiger partial charge in [0.2, 0.25) is 0 Å².